The molecule has 17 heavy (non-hydrogen) atoms. The fraction of sp³-hybridized carbons (Fsp3) is 0.571. The van der Waals surface area contributed by atoms with E-state index in [1.807, 2.05) is 25.1 Å². The Labute approximate surface area is 105 Å². The van der Waals surface area contributed by atoms with Crippen LogP contribution in [0.1, 0.15) is 13.8 Å². The lowest BCUT2D eigenvalue weighted by Gasteiger charge is -2.25. The first-order chi connectivity index (χ1) is 8.24. The Morgan fingerprint density at radius 2 is 2.00 bits per heavy atom. The van der Waals surface area contributed by atoms with Gasteiger partial charge in [0.1, 0.15) is 0 Å². The first kappa shape index (κ1) is 14.0. The van der Waals surface area contributed by atoms with Crippen LogP contribution in [-0.4, -0.2) is 44.3 Å². The maximum atomic E-state index is 5.36. The van der Waals surface area contributed by atoms with Crippen molar-refractivity contribution in [1.29, 1.82) is 0 Å². The molecule has 1 N–H and O–H groups in total. The Balaban J connectivity index is 2.22. The Hall–Kier alpha value is -1.06. The molecule has 0 aliphatic rings. The summed E-state index contributed by atoms with van der Waals surface area (Å²) in [4.78, 5) is 2.31. The van der Waals surface area contributed by atoms with Crippen molar-refractivity contribution in [3.05, 3.63) is 30.3 Å². The van der Waals surface area contributed by atoms with Crippen molar-refractivity contribution >= 4 is 5.69 Å². The van der Waals surface area contributed by atoms with E-state index in [0.29, 0.717) is 6.04 Å². The van der Waals surface area contributed by atoms with Crippen molar-refractivity contribution in [1.82, 2.24) is 4.90 Å². The van der Waals surface area contributed by atoms with Gasteiger partial charge in [-0.15, -0.1) is 0 Å². The number of hydrogen-bond donors (Lipinski definition) is 1. The molecule has 0 saturated carbocycles. The zero-order valence-corrected chi connectivity index (χ0v) is 11.1. The minimum Gasteiger partial charge on any atom is -0.383 e. The minimum atomic E-state index is 0.496. The van der Waals surface area contributed by atoms with Crippen molar-refractivity contribution in [3.8, 4) is 0 Å². The van der Waals surface area contributed by atoms with E-state index in [4.69, 9.17) is 4.74 Å². The third-order valence-corrected chi connectivity index (χ3v) is 2.92. The van der Waals surface area contributed by atoms with Crippen molar-refractivity contribution in [2.45, 2.75) is 19.9 Å². The summed E-state index contributed by atoms with van der Waals surface area (Å²) >= 11 is 0. The Morgan fingerprint density at radius 1 is 1.29 bits per heavy atom. The fourth-order valence-electron chi connectivity index (χ4n) is 1.55. The van der Waals surface area contributed by atoms with Gasteiger partial charge in [-0.25, -0.2) is 0 Å². The summed E-state index contributed by atoms with van der Waals surface area (Å²) in [6.07, 6.45) is 0. The molecule has 1 aromatic carbocycles. The molecule has 0 aliphatic heterocycles. The van der Waals surface area contributed by atoms with Crippen molar-refractivity contribution in [3.63, 3.8) is 0 Å². The second-order valence-electron chi connectivity index (χ2n) is 4.27. The summed E-state index contributed by atoms with van der Waals surface area (Å²) in [6, 6.07) is 10.8. The van der Waals surface area contributed by atoms with Gasteiger partial charge in [-0.05, 0) is 33.0 Å². The standard InChI is InChI=1S/C14H24N2O/c1-4-17-11-10-16(3)13(2)12-15-14-8-6-5-7-9-14/h5-9,13,15H,4,10-12H2,1-3H3. The number of rotatable bonds is 8. The zero-order valence-electron chi connectivity index (χ0n) is 11.1. The molecule has 3 heteroatoms. The topological polar surface area (TPSA) is 24.5 Å². The van der Waals surface area contributed by atoms with Crippen LogP contribution in [0.25, 0.3) is 0 Å². The molecule has 0 saturated heterocycles. The lowest BCUT2D eigenvalue weighted by atomic mass is 10.2. The largest absolute Gasteiger partial charge is 0.383 e. The Bertz CT molecular complexity index is 290. The summed E-state index contributed by atoms with van der Waals surface area (Å²) in [6.45, 7) is 7.79. The normalized spacial score (nSPS) is 12.7. The number of nitrogens with one attached hydrogen (secondary N) is 1. The van der Waals surface area contributed by atoms with Crippen LogP contribution < -0.4 is 5.32 Å². The van der Waals surface area contributed by atoms with Gasteiger partial charge in [0.25, 0.3) is 0 Å². The molecule has 0 radical (unpaired) electrons. The molecule has 0 spiro atoms. The van der Waals surface area contributed by atoms with E-state index in [2.05, 4.69) is 36.3 Å². The average Bonchev–Trinajstić information content (AvgIpc) is 2.37. The van der Waals surface area contributed by atoms with Crippen molar-refractivity contribution in [2.24, 2.45) is 0 Å². The molecular formula is C14H24N2O. The van der Waals surface area contributed by atoms with Gasteiger partial charge in [-0.2, -0.15) is 0 Å². The molecule has 3 nitrogen and oxygen atoms in total. The summed E-state index contributed by atoms with van der Waals surface area (Å²) < 4.78 is 5.36. The molecule has 1 atom stereocenters. The second kappa shape index (κ2) is 8.09. The molecule has 1 aromatic rings. The van der Waals surface area contributed by atoms with E-state index >= 15 is 0 Å². The van der Waals surface area contributed by atoms with Crippen LogP contribution in [0.5, 0.6) is 0 Å². The summed E-state index contributed by atoms with van der Waals surface area (Å²) in [7, 11) is 2.14. The van der Waals surface area contributed by atoms with Gasteiger partial charge in [0, 0.05) is 31.4 Å². The lowest BCUT2D eigenvalue weighted by Crippen LogP contribution is -2.37. The number of nitrogens with zero attached hydrogens (tertiary/aromatic N) is 1. The van der Waals surface area contributed by atoms with Crippen LogP contribution in [0.4, 0.5) is 5.69 Å². The van der Waals surface area contributed by atoms with Gasteiger partial charge in [-0.1, -0.05) is 18.2 Å². The highest BCUT2D eigenvalue weighted by Gasteiger charge is 2.08. The third-order valence-electron chi connectivity index (χ3n) is 2.92. The number of benzene rings is 1. The highest BCUT2D eigenvalue weighted by Crippen LogP contribution is 2.05. The van der Waals surface area contributed by atoms with Gasteiger partial charge in [0.15, 0.2) is 0 Å². The molecule has 96 valence electrons. The lowest BCUT2D eigenvalue weighted by molar-refractivity contribution is 0.112. The molecule has 0 heterocycles. The van der Waals surface area contributed by atoms with Crippen LogP contribution >= 0.6 is 0 Å². The Kier molecular flexibility index (Phi) is 6.67. The maximum Gasteiger partial charge on any atom is 0.0593 e. The van der Waals surface area contributed by atoms with Gasteiger partial charge in [-0.3, -0.25) is 4.90 Å². The average molecular weight is 236 g/mol. The second-order valence-corrected chi connectivity index (χ2v) is 4.27. The summed E-state index contributed by atoms with van der Waals surface area (Å²) in [5.74, 6) is 0. The first-order valence-corrected chi connectivity index (χ1v) is 6.31. The van der Waals surface area contributed by atoms with Crippen LogP contribution in [0.2, 0.25) is 0 Å². The smallest absolute Gasteiger partial charge is 0.0593 e. The number of anilines is 1. The van der Waals surface area contributed by atoms with E-state index < -0.39 is 0 Å². The monoisotopic (exact) mass is 236 g/mol. The minimum absolute atomic E-state index is 0.496. The van der Waals surface area contributed by atoms with Crippen molar-refractivity contribution < 1.29 is 4.74 Å². The molecule has 0 bridgehead atoms. The van der Waals surface area contributed by atoms with Gasteiger partial charge in [0.05, 0.1) is 6.61 Å². The quantitative estimate of drug-likeness (QED) is 0.702. The molecule has 1 unspecified atom stereocenters. The zero-order chi connectivity index (χ0) is 12.5. The van der Waals surface area contributed by atoms with Crippen molar-refractivity contribution in [2.75, 3.05) is 38.7 Å². The van der Waals surface area contributed by atoms with Crippen LogP contribution in [0.15, 0.2) is 30.3 Å². The maximum absolute atomic E-state index is 5.36. The number of ether oxygens (including phenoxy) is 1. The highest BCUT2D eigenvalue weighted by atomic mass is 16.5. The Morgan fingerprint density at radius 3 is 2.65 bits per heavy atom. The third kappa shape index (κ3) is 5.71. The van der Waals surface area contributed by atoms with E-state index in [9.17, 15) is 0 Å². The fourth-order valence-corrected chi connectivity index (χ4v) is 1.55. The van der Waals surface area contributed by atoms with Crippen LogP contribution in [0.3, 0.4) is 0 Å². The summed E-state index contributed by atoms with van der Waals surface area (Å²) in [5.41, 5.74) is 1.18. The van der Waals surface area contributed by atoms with E-state index in [1.54, 1.807) is 0 Å². The van der Waals surface area contributed by atoms with E-state index in [-0.39, 0.29) is 0 Å². The van der Waals surface area contributed by atoms with Crippen LogP contribution in [-0.2, 0) is 4.74 Å². The number of para-hydroxylation sites is 1. The molecule has 0 amide bonds. The molecule has 0 fully saturated rings. The molecule has 0 aromatic heterocycles. The number of likely N-dealkylation sites (N-methyl/N-ethyl adjacent to an activating group) is 1. The van der Waals surface area contributed by atoms with Gasteiger partial charge >= 0.3 is 0 Å². The van der Waals surface area contributed by atoms with Crippen LogP contribution in [0, 0.1) is 0 Å². The predicted octanol–water partition coefficient (Wildman–Crippen LogP) is 2.46. The van der Waals surface area contributed by atoms with Gasteiger partial charge < -0.3 is 10.1 Å². The highest BCUT2D eigenvalue weighted by molar-refractivity contribution is 5.42. The van der Waals surface area contributed by atoms with Gasteiger partial charge in [0.2, 0.25) is 0 Å². The predicted molar refractivity (Wildman–Crippen MR) is 73.5 cm³/mol. The van der Waals surface area contributed by atoms with E-state index in [1.165, 1.54) is 5.69 Å². The summed E-state index contributed by atoms with van der Waals surface area (Å²) in [5, 5.41) is 3.43. The molecule has 0 aliphatic carbocycles. The molecular weight excluding hydrogens is 212 g/mol. The van der Waals surface area contributed by atoms with E-state index in [0.717, 1.165) is 26.3 Å². The SMILES string of the molecule is CCOCCN(C)C(C)CNc1ccccc1. The number of hydrogen-bond acceptors (Lipinski definition) is 3. The molecule has 1 rings (SSSR count). The first-order valence-electron chi connectivity index (χ1n) is 6.31.